The summed E-state index contributed by atoms with van der Waals surface area (Å²) in [6.07, 6.45) is 0.589. The highest BCUT2D eigenvalue weighted by molar-refractivity contribution is 7.89. The topological polar surface area (TPSA) is 83.5 Å². The van der Waals surface area contributed by atoms with Crippen LogP contribution in [-0.4, -0.2) is 31.3 Å². The Bertz CT molecular complexity index is 484. The number of carboxylic acid groups (broad SMARTS) is 1. The number of aliphatic carboxylic acids is 1. The van der Waals surface area contributed by atoms with E-state index in [1.54, 1.807) is 31.2 Å². The normalized spacial score (nSPS) is 13.2. The highest BCUT2D eigenvalue weighted by Gasteiger charge is 2.23. The minimum absolute atomic E-state index is 0.0639. The van der Waals surface area contributed by atoms with Gasteiger partial charge in [-0.3, -0.25) is 4.79 Å². The Hall–Kier alpha value is -1.40. The van der Waals surface area contributed by atoms with Gasteiger partial charge in [0.1, 0.15) is 6.04 Å². The van der Waals surface area contributed by atoms with Gasteiger partial charge >= 0.3 is 5.97 Å². The summed E-state index contributed by atoms with van der Waals surface area (Å²) in [5.41, 5.74) is 0.782. The average molecular weight is 271 g/mol. The van der Waals surface area contributed by atoms with Gasteiger partial charge in [-0.05, 0) is 18.4 Å². The van der Waals surface area contributed by atoms with E-state index in [4.69, 9.17) is 5.11 Å². The Morgan fingerprint density at radius 3 is 2.44 bits per heavy atom. The molecule has 0 bridgehead atoms. The van der Waals surface area contributed by atoms with Crippen molar-refractivity contribution in [1.29, 1.82) is 0 Å². The maximum atomic E-state index is 11.6. The highest BCUT2D eigenvalue weighted by Crippen LogP contribution is 2.05. The fourth-order valence-electron chi connectivity index (χ4n) is 1.57. The Kier molecular flexibility index (Phi) is 5.30. The van der Waals surface area contributed by atoms with Crippen molar-refractivity contribution in [3.63, 3.8) is 0 Å². The summed E-state index contributed by atoms with van der Waals surface area (Å²) < 4.78 is 25.3. The van der Waals surface area contributed by atoms with Crippen molar-refractivity contribution in [2.45, 2.75) is 25.8 Å². The van der Waals surface area contributed by atoms with Crippen molar-refractivity contribution < 1.29 is 18.3 Å². The lowest BCUT2D eigenvalue weighted by atomic mass is 10.1. The number of hydrogen-bond acceptors (Lipinski definition) is 3. The van der Waals surface area contributed by atoms with Gasteiger partial charge in [0.2, 0.25) is 10.0 Å². The van der Waals surface area contributed by atoms with E-state index in [2.05, 4.69) is 4.72 Å². The number of carbonyl (C=O) groups is 1. The zero-order valence-electron chi connectivity index (χ0n) is 10.2. The summed E-state index contributed by atoms with van der Waals surface area (Å²) in [6, 6.07) is 7.81. The van der Waals surface area contributed by atoms with Crippen LogP contribution in [0.1, 0.15) is 18.9 Å². The molecule has 0 aliphatic heterocycles. The predicted octanol–water partition coefficient (Wildman–Crippen LogP) is 1.01. The van der Waals surface area contributed by atoms with Gasteiger partial charge in [0, 0.05) is 0 Å². The fraction of sp³-hybridized carbons (Fsp3) is 0.417. The summed E-state index contributed by atoms with van der Waals surface area (Å²) in [6.45, 7) is 1.73. The van der Waals surface area contributed by atoms with E-state index in [1.807, 2.05) is 6.07 Å². The van der Waals surface area contributed by atoms with Gasteiger partial charge < -0.3 is 5.11 Å². The lowest BCUT2D eigenvalue weighted by molar-refractivity contribution is -0.138. The van der Waals surface area contributed by atoms with Gasteiger partial charge in [0.15, 0.2) is 0 Å². The van der Waals surface area contributed by atoms with Crippen LogP contribution in [-0.2, 0) is 21.2 Å². The van der Waals surface area contributed by atoms with Gasteiger partial charge in [-0.25, -0.2) is 13.1 Å². The van der Waals surface area contributed by atoms with E-state index < -0.39 is 22.0 Å². The lowest BCUT2D eigenvalue weighted by Crippen LogP contribution is -2.43. The third-order valence-electron chi connectivity index (χ3n) is 2.38. The molecule has 1 atom stereocenters. The van der Waals surface area contributed by atoms with Crippen LogP contribution in [0.25, 0.3) is 0 Å². The molecule has 0 fully saturated rings. The quantitative estimate of drug-likeness (QED) is 0.775. The molecule has 1 rings (SSSR count). The molecule has 0 aliphatic rings. The standard InChI is InChI=1S/C12H17NO4S/c1-2-8-18(16,17)13-11(12(14)15)9-10-6-4-3-5-7-10/h3-7,11,13H,2,8-9H2,1H3,(H,14,15)/t11-/m1/s1. The van der Waals surface area contributed by atoms with E-state index in [-0.39, 0.29) is 12.2 Å². The maximum absolute atomic E-state index is 11.6. The van der Waals surface area contributed by atoms with Gasteiger partial charge in [-0.15, -0.1) is 0 Å². The monoisotopic (exact) mass is 271 g/mol. The zero-order valence-corrected chi connectivity index (χ0v) is 11.0. The number of sulfonamides is 1. The first-order valence-corrected chi connectivity index (χ1v) is 7.36. The van der Waals surface area contributed by atoms with Crippen LogP contribution in [0.15, 0.2) is 30.3 Å². The molecule has 2 N–H and O–H groups in total. The molecule has 1 aromatic rings. The van der Waals surface area contributed by atoms with Crippen molar-refractivity contribution in [2.75, 3.05) is 5.75 Å². The van der Waals surface area contributed by atoms with Crippen molar-refractivity contribution in [3.05, 3.63) is 35.9 Å². The van der Waals surface area contributed by atoms with Crippen molar-refractivity contribution in [3.8, 4) is 0 Å². The minimum atomic E-state index is -3.53. The van der Waals surface area contributed by atoms with E-state index in [1.165, 1.54) is 0 Å². The van der Waals surface area contributed by atoms with E-state index >= 15 is 0 Å². The lowest BCUT2D eigenvalue weighted by Gasteiger charge is -2.14. The number of hydrogen-bond donors (Lipinski definition) is 2. The van der Waals surface area contributed by atoms with Crippen LogP contribution in [0.4, 0.5) is 0 Å². The maximum Gasteiger partial charge on any atom is 0.322 e. The molecule has 18 heavy (non-hydrogen) atoms. The summed E-state index contributed by atoms with van der Waals surface area (Å²) in [4.78, 5) is 11.1. The van der Waals surface area contributed by atoms with Crippen LogP contribution in [0.5, 0.6) is 0 Å². The Morgan fingerprint density at radius 1 is 1.33 bits per heavy atom. The molecule has 0 aliphatic carbocycles. The molecule has 0 amide bonds. The summed E-state index contributed by atoms with van der Waals surface area (Å²) in [5.74, 6) is -1.23. The smallest absolute Gasteiger partial charge is 0.322 e. The van der Waals surface area contributed by atoms with Crippen LogP contribution in [0.3, 0.4) is 0 Å². The largest absolute Gasteiger partial charge is 0.480 e. The van der Waals surface area contributed by atoms with E-state index in [0.29, 0.717) is 6.42 Å². The molecular formula is C12H17NO4S. The van der Waals surface area contributed by atoms with E-state index in [0.717, 1.165) is 5.56 Å². The SMILES string of the molecule is CCCS(=O)(=O)N[C@H](Cc1ccccc1)C(=O)O. The van der Waals surface area contributed by atoms with Gasteiger partial charge in [-0.2, -0.15) is 0 Å². The molecular weight excluding hydrogens is 254 g/mol. The number of nitrogens with one attached hydrogen (secondary N) is 1. The molecule has 5 nitrogen and oxygen atoms in total. The van der Waals surface area contributed by atoms with Gasteiger partial charge in [0.25, 0.3) is 0 Å². The fourth-order valence-corrected chi connectivity index (χ4v) is 2.85. The second kappa shape index (κ2) is 6.51. The molecule has 0 aromatic heterocycles. The number of rotatable bonds is 7. The highest BCUT2D eigenvalue weighted by atomic mass is 32.2. The van der Waals surface area contributed by atoms with Crippen molar-refractivity contribution in [2.24, 2.45) is 0 Å². The molecule has 0 radical (unpaired) electrons. The summed E-state index contributed by atoms with van der Waals surface area (Å²) in [5, 5.41) is 9.04. The van der Waals surface area contributed by atoms with Gasteiger partial charge in [-0.1, -0.05) is 37.3 Å². The first-order valence-electron chi connectivity index (χ1n) is 5.71. The second-order valence-electron chi connectivity index (χ2n) is 4.02. The van der Waals surface area contributed by atoms with Crippen molar-refractivity contribution >= 4 is 16.0 Å². The van der Waals surface area contributed by atoms with Crippen LogP contribution in [0, 0.1) is 0 Å². The van der Waals surface area contributed by atoms with Crippen LogP contribution in [0.2, 0.25) is 0 Å². The Balaban J connectivity index is 2.76. The molecule has 0 heterocycles. The molecule has 1 aromatic carbocycles. The summed E-state index contributed by atoms with van der Waals surface area (Å²) in [7, 11) is -3.53. The van der Waals surface area contributed by atoms with Crippen molar-refractivity contribution in [1.82, 2.24) is 4.72 Å². The molecule has 0 unspecified atom stereocenters. The third kappa shape index (κ3) is 4.85. The molecule has 0 saturated heterocycles. The molecule has 0 saturated carbocycles. The molecule has 6 heteroatoms. The van der Waals surface area contributed by atoms with Gasteiger partial charge in [0.05, 0.1) is 5.75 Å². The second-order valence-corrected chi connectivity index (χ2v) is 5.89. The zero-order chi connectivity index (χ0) is 13.6. The number of carboxylic acids is 1. The number of benzene rings is 1. The third-order valence-corrected chi connectivity index (χ3v) is 3.96. The average Bonchev–Trinajstić information content (AvgIpc) is 2.29. The molecule has 0 spiro atoms. The van der Waals surface area contributed by atoms with Crippen LogP contribution < -0.4 is 4.72 Å². The first kappa shape index (κ1) is 14.7. The van der Waals surface area contributed by atoms with Crippen LogP contribution >= 0.6 is 0 Å². The Labute approximate surface area is 107 Å². The van der Waals surface area contributed by atoms with E-state index in [9.17, 15) is 13.2 Å². The summed E-state index contributed by atoms with van der Waals surface area (Å²) >= 11 is 0. The molecule has 100 valence electrons. The first-order chi connectivity index (χ1) is 8.44. The minimum Gasteiger partial charge on any atom is -0.480 e. The predicted molar refractivity (Wildman–Crippen MR) is 68.8 cm³/mol. The Morgan fingerprint density at radius 2 is 1.94 bits per heavy atom.